The number of aliphatic imine (C=N–C) groups is 2. The van der Waals surface area contributed by atoms with Crippen LogP contribution in [0.3, 0.4) is 0 Å². The molecule has 1 aliphatic carbocycles. The van der Waals surface area contributed by atoms with E-state index in [1.807, 2.05) is 44.8 Å². The van der Waals surface area contributed by atoms with Gasteiger partial charge in [0.2, 0.25) is 11.9 Å². The van der Waals surface area contributed by atoms with Gasteiger partial charge in [-0.2, -0.15) is 5.10 Å². The molecule has 3 aromatic rings. The predicted octanol–water partition coefficient (Wildman–Crippen LogP) is 4.39. The highest BCUT2D eigenvalue weighted by Gasteiger charge is 2.31. The van der Waals surface area contributed by atoms with Crippen molar-refractivity contribution < 1.29 is 14.3 Å². The summed E-state index contributed by atoms with van der Waals surface area (Å²) >= 11 is 0. The van der Waals surface area contributed by atoms with Crippen molar-refractivity contribution in [2.24, 2.45) is 9.98 Å². The Morgan fingerprint density at radius 3 is 2.68 bits per heavy atom. The molecular weight excluding hydrogens is 470 g/mol. The van der Waals surface area contributed by atoms with Crippen LogP contribution in [0.4, 0.5) is 0 Å². The van der Waals surface area contributed by atoms with Gasteiger partial charge in [-0.05, 0) is 73.1 Å². The maximum Gasteiger partial charge on any atom is 0.237 e. The number of aliphatic hydroxyl groups excluding tert-OH is 1. The molecule has 0 amide bonds. The van der Waals surface area contributed by atoms with E-state index in [4.69, 9.17) is 9.15 Å². The van der Waals surface area contributed by atoms with E-state index in [0.717, 1.165) is 53.9 Å². The Bertz CT molecular complexity index is 1240. The summed E-state index contributed by atoms with van der Waals surface area (Å²) in [7, 11) is 1.66. The second-order valence-electron chi connectivity index (χ2n) is 10.5. The number of rotatable bonds is 8. The third-order valence-electron chi connectivity index (χ3n) is 7.11. The van der Waals surface area contributed by atoms with Gasteiger partial charge >= 0.3 is 0 Å². The molecule has 0 aliphatic heterocycles. The number of hydrogen-bond acceptors (Lipinski definition) is 6. The topological polar surface area (TPSA) is 115 Å². The zero-order valence-corrected chi connectivity index (χ0v) is 22.7. The third-order valence-corrected chi connectivity index (χ3v) is 7.11. The molecule has 200 valence electrons. The van der Waals surface area contributed by atoms with Crippen LogP contribution in [0.25, 0.3) is 11.1 Å². The predicted molar refractivity (Wildman–Crippen MR) is 145 cm³/mol. The van der Waals surface area contributed by atoms with E-state index >= 15 is 0 Å². The zero-order valence-electron chi connectivity index (χ0n) is 22.7. The number of aromatic nitrogens is 4. The van der Waals surface area contributed by atoms with E-state index in [9.17, 15) is 5.11 Å². The summed E-state index contributed by atoms with van der Waals surface area (Å²) in [6.07, 6.45) is 8.74. The molecule has 0 radical (unpaired) electrons. The number of nitrogens with zero attached hydrogens (tertiary/aromatic N) is 6. The Morgan fingerprint density at radius 1 is 1.32 bits per heavy atom. The molecular formula is C27H39N7O3. The van der Waals surface area contributed by atoms with Crippen LogP contribution in [0.1, 0.15) is 75.3 Å². The standard InChI is InChI=1S/C27H39N7O3/c1-17(15-36-7)31-26(28-6)32-34-19(3)23(12-24(34)20-8-10-22(35)11-9-20)21-13-29-33(14-21)27(4,5)25-30-18(2)16-37-25/h12-14,16-17,20,22,35H,6,8-11,15H2,1-5,7H3,(H,31,32)/t17-,20?,22?/m0/s1. The normalized spacial score (nSPS) is 19.7. The maximum absolute atomic E-state index is 10.1. The van der Waals surface area contributed by atoms with Gasteiger partial charge in [0.25, 0.3) is 0 Å². The van der Waals surface area contributed by atoms with Gasteiger partial charge in [-0.3, -0.25) is 14.8 Å². The van der Waals surface area contributed by atoms with Crippen LogP contribution < -0.4 is 5.43 Å². The molecule has 1 aliphatic rings. The lowest BCUT2D eigenvalue weighted by atomic mass is 9.85. The minimum atomic E-state index is -0.548. The van der Waals surface area contributed by atoms with Gasteiger partial charge < -0.3 is 14.3 Å². The van der Waals surface area contributed by atoms with Crippen LogP contribution in [0.15, 0.2) is 39.1 Å². The van der Waals surface area contributed by atoms with Crippen LogP contribution in [0, 0.1) is 13.8 Å². The first-order chi connectivity index (χ1) is 17.6. The fourth-order valence-electron chi connectivity index (χ4n) is 4.94. The first kappa shape index (κ1) is 26.8. The van der Waals surface area contributed by atoms with Crippen LogP contribution in [-0.2, 0) is 10.3 Å². The SMILES string of the molecule is C=NC(=N[C@@H](C)COC)Nn1c(C2CCC(O)CC2)cc(-c2cnn(C(C)(C)c3nc(C)co3)c2)c1C. The highest BCUT2D eigenvalue weighted by Crippen LogP contribution is 2.38. The lowest BCUT2D eigenvalue weighted by molar-refractivity contribution is 0.121. The molecule has 0 spiro atoms. The molecule has 37 heavy (non-hydrogen) atoms. The van der Waals surface area contributed by atoms with E-state index in [1.54, 1.807) is 13.4 Å². The Kier molecular flexibility index (Phi) is 7.99. The quantitative estimate of drug-likeness (QED) is 0.344. The number of aryl methyl sites for hydroxylation is 1. The minimum Gasteiger partial charge on any atom is -0.446 e. The smallest absolute Gasteiger partial charge is 0.237 e. The molecule has 10 nitrogen and oxygen atoms in total. The monoisotopic (exact) mass is 509 g/mol. The van der Waals surface area contributed by atoms with E-state index in [0.29, 0.717) is 24.4 Å². The zero-order chi connectivity index (χ0) is 26.7. The van der Waals surface area contributed by atoms with E-state index in [2.05, 4.69) is 49.9 Å². The molecule has 10 heteroatoms. The van der Waals surface area contributed by atoms with Crippen molar-refractivity contribution in [3.8, 4) is 11.1 Å². The van der Waals surface area contributed by atoms with Crippen molar-refractivity contribution in [1.29, 1.82) is 0 Å². The Labute approximate surface area is 218 Å². The molecule has 2 N–H and O–H groups in total. The second kappa shape index (κ2) is 11.0. The summed E-state index contributed by atoms with van der Waals surface area (Å²) < 4.78 is 14.9. The first-order valence-corrected chi connectivity index (χ1v) is 12.8. The van der Waals surface area contributed by atoms with Crippen molar-refractivity contribution in [3.05, 3.63) is 47.7 Å². The fraction of sp³-hybridized carbons (Fsp3) is 0.556. The highest BCUT2D eigenvalue weighted by molar-refractivity contribution is 5.91. The van der Waals surface area contributed by atoms with E-state index in [1.165, 1.54) is 0 Å². The van der Waals surface area contributed by atoms with Crippen LogP contribution in [-0.4, -0.2) is 63.1 Å². The molecule has 1 saturated carbocycles. The van der Waals surface area contributed by atoms with Crippen molar-refractivity contribution in [2.75, 3.05) is 19.1 Å². The number of methoxy groups -OCH3 is 1. The summed E-state index contributed by atoms with van der Waals surface area (Å²) in [6.45, 7) is 14.2. The minimum absolute atomic E-state index is 0.0686. The van der Waals surface area contributed by atoms with Gasteiger partial charge in [0, 0.05) is 41.7 Å². The van der Waals surface area contributed by atoms with Crippen molar-refractivity contribution in [3.63, 3.8) is 0 Å². The number of guanidine groups is 1. The summed E-state index contributed by atoms with van der Waals surface area (Å²) in [5.41, 5.74) is 7.87. The Hall–Kier alpha value is -3.24. The molecule has 0 unspecified atom stereocenters. The van der Waals surface area contributed by atoms with Gasteiger partial charge in [-0.25, -0.2) is 15.0 Å². The van der Waals surface area contributed by atoms with Gasteiger partial charge in [0.15, 0.2) is 0 Å². The summed E-state index contributed by atoms with van der Waals surface area (Å²) in [4.78, 5) is 13.3. The Balaban J connectivity index is 1.72. The van der Waals surface area contributed by atoms with Crippen LogP contribution in [0.5, 0.6) is 0 Å². The molecule has 0 bridgehead atoms. The second-order valence-corrected chi connectivity index (χ2v) is 10.5. The van der Waals surface area contributed by atoms with Crippen LogP contribution >= 0.6 is 0 Å². The number of oxazole rings is 1. The fourth-order valence-corrected chi connectivity index (χ4v) is 4.94. The lowest BCUT2D eigenvalue weighted by Gasteiger charge is -2.27. The molecule has 0 saturated heterocycles. The number of hydrogen-bond donors (Lipinski definition) is 2. The number of ether oxygens (including phenoxy) is 1. The average Bonchev–Trinajstić information content (AvgIpc) is 3.60. The molecule has 1 atom stereocenters. The average molecular weight is 510 g/mol. The molecule has 3 aromatic heterocycles. The number of nitrogens with one attached hydrogen (secondary N) is 1. The highest BCUT2D eigenvalue weighted by atomic mass is 16.5. The summed E-state index contributed by atoms with van der Waals surface area (Å²) in [5.74, 6) is 1.34. The van der Waals surface area contributed by atoms with E-state index < -0.39 is 5.54 Å². The molecule has 3 heterocycles. The first-order valence-electron chi connectivity index (χ1n) is 12.8. The summed E-state index contributed by atoms with van der Waals surface area (Å²) in [6, 6.07) is 2.15. The van der Waals surface area contributed by atoms with E-state index in [-0.39, 0.29) is 12.1 Å². The summed E-state index contributed by atoms with van der Waals surface area (Å²) in [5, 5.41) is 14.8. The third kappa shape index (κ3) is 5.70. The van der Waals surface area contributed by atoms with Crippen LogP contribution in [0.2, 0.25) is 0 Å². The largest absolute Gasteiger partial charge is 0.446 e. The van der Waals surface area contributed by atoms with Gasteiger partial charge in [-0.1, -0.05) is 0 Å². The van der Waals surface area contributed by atoms with Crippen molar-refractivity contribution in [1.82, 2.24) is 19.4 Å². The lowest BCUT2D eigenvalue weighted by Crippen LogP contribution is -2.28. The van der Waals surface area contributed by atoms with Gasteiger partial charge in [0.1, 0.15) is 11.8 Å². The molecule has 0 aromatic carbocycles. The number of aliphatic hydroxyl groups is 1. The Morgan fingerprint density at radius 2 is 2.05 bits per heavy atom. The van der Waals surface area contributed by atoms with Gasteiger partial charge in [-0.15, -0.1) is 0 Å². The van der Waals surface area contributed by atoms with Gasteiger partial charge in [0.05, 0.1) is 30.6 Å². The van der Waals surface area contributed by atoms with Crippen molar-refractivity contribution in [2.45, 2.75) is 83.9 Å². The molecule has 4 rings (SSSR count). The maximum atomic E-state index is 10.1. The van der Waals surface area contributed by atoms with Crippen molar-refractivity contribution >= 4 is 12.7 Å². The molecule has 1 fully saturated rings.